The van der Waals surface area contributed by atoms with E-state index in [9.17, 15) is 0 Å². The predicted octanol–water partition coefficient (Wildman–Crippen LogP) is 0.636. The molecule has 6 heteroatoms. The first-order chi connectivity index (χ1) is 8.36. The van der Waals surface area contributed by atoms with Crippen LogP contribution in [-0.2, 0) is 6.54 Å². The number of hydrazine groups is 1. The average Bonchev–Trinajstić information content (AvgIpc) is 2.81. The Bertz CT molecular complexity index is 452. The molecule has 90 valence electrons. The lowest BCUT2D eigenvalue weighted by atomic mass is 10.1. The Kier molecular flexibility index (Phi) is 3.79. The van der Waals surface area contributed by atoms with Crippen molar-refractivity contribution in [1.29, 1.82) is 0 Å². The van der Waals surface area contributed by atoms with Gasteiger partial charge in [-0.2, -0.15) is 0 Å². The molecule has 0 amide bonds. The number of aryl methyl sites for hydroxylation is 1. The first kappa shape index (κ1) is 11.7. The second-order valence-corrected chi connectivity index (χ2v) is 3.75. The molecular weight excluding hydrogens is 216 g/mol. The molecular formula is C11H16N6. The summed E-state index contributed by atoms with van der Waals surface area (Å²) in [5, 5.41) is 0. The van der Waals surface area contributed by atoms with Gasteiger partial charge in [-0.3, -0.25) is 5.84 Å². The molecule has 1 atom stereocenters. The fourth-order valence-electron chi connectivity index (χ4n) is 1.79. The van der Waals surface area contributed by atoms with Crippen molar-refractivity contribution in [2.45, 2.75) is 25.9 Å². The van der Waals surface area contributed by atoms with Gasteiger partial charge in [0.2, 0.25) is 0 Å². The van der Waals surface area contributed by atoms with Gasteiger partial charge in [0.15, 0.2) is 0 Å². The van der Waals surface area contributed by atoms with Gasteiger partial charge in [0, 0.05) is 36.9 Å². The number of nitrogens with zero attached hydrogens (tertiary/aromatic N) is 4. The Morgan fingerprint density at radius 2 is 2.18 bits per heavy atom. The molecule has 3 N–H and O–H groups in total. The Morgan fingerprint density at radius 3 is 2.82 bits per heavy atom. The van der Waals surface area contributed by atoms with Crippen LogP contribution in [0.2, 0.25) is 0 Å². The second-order valence-electron chi connectivity index (χ2n) is 3.75. The highest BCUT2D eigenvalue weighted by molar-refractivity contribution is 5.19. The summed E-state index contributed by atoms with van der Waals surface area (Å²) in [6.07, 6.45) is 9.75. The van der Waals surface area contributed by atoms with E-state index in [4.69, 9.17) is 5.84 Å². The molecule has 1 unspecified atom stereocenters. The third-order valence-electron chi connectivity index (χ3n) is 2.55. The molecule has 2 heterocycles. The number of nitrogens with one attached hydrogen (secondary N) is 1. The van der Waals surface area contributed by atoms with Gasteiger partial charge in [-0.25, -0.2) is 20.4 Å². The predicted molar refractivity (Wildman–Crippen MR) is 63.7 cm³/mol. The van der Waals surface area contributed by atoms with Crippen LogP contribution in [0.3, 0.4) is 0 Å². The van der Waals surface area contributed by atoms with E-state index in [1.807, 2.05) is 6.20 Å². The van der Waals surface area contributed by atoms with E-state index in [1.54, 1.807) is 18.6 Å². The molecule has 0 saturated carbocycles. The van der Waals surface area contributed by atoms with Crippen LogP contribution in [-0.4, -0.2) is 19.5 Å². The van der Waals surface area contributed by atoms with Crippen LogP contribution < -0.4 is 11.3 Å². The molecule has 0 radical (unpaired) electrons. The fraction of sp³-hybridized carbons (Fsp3) is 0.364. The van der Waals surface area contributed by atoms with E-state index < -0.39 is 0 Å². The first-order valence-electron chi connectivity index (χ1n) is 5.59. The zero-order valence-electron chi connectivity index (χ0n) is 9.74. The van der Waals surface area contributed by atoms with Gasteiger partial charge in [-0.15, -0.1) is 0 Å². The van der Waals surface area contributed by atoms with Crippen LogP contribution in [0.5, 0.6) is 0 Å². The van der Waals surface area contributed by atoms with E-state index in [0.29, 0.717) is 0 Å². The highest BCUT2D eigenvalue weighted by Gasteiger charge is 2.17. The molecule has 0 aliphatic heterocycles. The highest BCUT2D eigenvalue weighted by atomic mass is 15.3. The molecule has 0 aliphatic rings. The van der Waals surface area contributed by atoms with Gasteiger partial charge in [0.05, 0.1) is 0 Å². The summed E-state index contributed by atoms with van der Waals surface area (Å²) in [6, 6.07) is -0.183. The summed E-state index contributed by atoms with van der Waals surface area (Å²) >= 11 is 0. The third kappa shape index (κ3) is 2.48. The van der Waals surface area contributed by atoms with Crippen LogP contribution in [0, 0.1) is 0 Å². The normalized spacial score (nSPS) is 12.6. The minimum absolute atomic E-state index is 0.183. The molecule has 0 spiro atoms. The summed E-state index contributed by atoms with van der Waals surface area (Å²) < 4.78 is 2.08. The molecule has 0 aliphatic carbocycles. The Balaban J connectivity index is 2.32. The lowest BCUT2D eigenvalue weighted by Crippen LogP contribution is -2.31. The van der Waals surface area contributed by atoms with Crippen molar-refractivity contribution in [3.8, 4) is 0 Å². The van der Waals surface area contributed by atoms with Gasteiger partial charge in [-0.1, -0.05) is 6.92 Å². The summed E-state index contributed by atoms with van der Waals surface area (Å²) in [7, 11) is 0. The van der Waals surface area contributed by atoms with Crippen LogP contribution in [0.1, 0.15) is 30.8 Å². The van der Waals surface area contributed by atoms with Crippen molar-refractivity contribution in [1.82, 2.24) is 24.9 Å². The topological polar surface area (TPSA) is 81.7 Å². The number of imidazole rings is 1. The van der Waals surface area contributed by atoms with Crippen molar-refractivity contribution >= 4 is 0 Å². The monoisotopic (exact) mass is 232 g/mol. The lowest BCUT2D eigenvalue weighted by molar-refractivity contribution is 0.543. The number of hydrogen-bond acceptors (Lipinski definition) is 5. The molecule has 0 fully saturated rings. The third-order valence-corrected chi connectivity index (χ3v) is 2.55. The SMILES string of the molecule is CCCn1ccnc1C(NN)c1cncnc1. The average molecular weight is 232 g/mol. The maximum absolute atomic E-state index is 5.60. The first-order valence-corrected chi connectivity index (χ1v) is 5.59. The van der Waals surface area contributed by atoms with E-state index in [-0.39, 0.29) is 6.04 Å². The standard InChI is InChI=1S/C11H16N6/c1-2-4-17-5-3-15-11(17)10(16-12)9-6-13-8-14-7-9/h3,5-8,10,16H,2,4,12H2,1H3. The van der Waals surface area contributed by atoms with Crippen molar-refractivity contribution in [3.63, 3.8) is 0 Å². The summed E-state index contributed by atoms with van der Waals surface area (Å²) in [6.45, 7) is 3.04. The van der Waals surface area contributed by atoms with Crippen LogP contribution in [0.15, 0.2) is 31.1 Å². The van der Waals surface area contributed by atoms with Gasteiger partial charge in [0.25, 0.3) is 0 Å². The van der Waals surface area contributed by atoms with Crippen LogP contribution in [0.4, 0.5) is 0 Å². The highest BCUT2D eigenvalue weighted by Crippen LogP contribution is 2.18. The van der Waals surface area contributed by atoms with E-state index >= 15 is 0 Å². The molecule has 0 aromatic carbocycles. The molecule has 17 heavy (non-hydrogen) atoms. The molecule has 0 saturated heterocycles. The lowest BCUT2D eigenvalue weighted by Gasteiger charge is -2.16. The fourth-order valence-corrected chi connectivity index (χ4v) is 1.79. The zero-order chi connectivity index (χ0) is 12.1. The smallest absolute Gasteiger partial charge is 0.131 e. The number of rotatable bonds is 5. The number of hydrogen-bond donors (Lipinski definition) is 2. The van der Waals surface area contributed by atoms with Crippen LogP contribution in [0.25, 0.3) is 0 Å². The zero-order valence-corrected chi connectivity index (χ0v) is 9.74. The van der Waals surface area contributed by atoms with Gasteiger partial charge in [0.1, 0.15) is 18.2 Å². The Labute approximate surface area is 99.9 Å². The number of aromatic nitrogens is 4. The quantitative estimate of drug-likeness (QED) is 0.584. The van der Waals surface area contributed by atoms with Gasteiger partial charge in [-0.05, 0) is 6.42 Å². The van der Waals surface area contributed by atoms with Gasteiger partial charge >= 0.3 is 0 Å². The maximum atomic E-state index is 5.60. The van der Waals surface area contributed by atoms with Crippen molar-refractivity contribution in [2.24, 2.45) is 5.84 Å². The largest absolute Gasteiger partial charge is 0.333 e. The summed E-state index contributed by atoms with van der Waals surface area (Å²) in [5.41, 5.74) is 3.66. The molecule has 2 aromatic heterocycles. The van der Waals surface area contributed by atoms with Crippen molar-refractivity contribution in [3.05, 3.63) is 42.5 Å². The van der Waals surface area contributed by atoms with E-state index in [1.165, 1.54) is 6.33 Å². The molecule has 2 aromatic rings. The second kappa shape index (κ2) is 5.51. The minimum Gasteiger partial charge on any atom is -0.333 e. The van der Waals surface area contributed by atoms with Gasteiger partial charge < -0.3 is 4.57 Å². The minimum atomic E-state index is -0.183. The Hall–Kier alpha value is -1.79. The summed E-state index contributed by atoms with van der Waals surface area (Å²) in [4.78, 5) is 12.3. The molecule has 2 rings (SSSR count). The summed E-state index contributed by atoms with van der Waals surface area (Å²) in [5.74, 6) is 6.48. The molecule has 6 nitrogen and oxygen atoms in total. The van der Waals surface area contributed by atoms with Crippen molar-refractivity contribution in [2.75, 3.05) is 0 Å². The van der Waals surface area contributed by atoms with Crippen LogP contribution >= 0.6 is 0 Å². The number of nitrogens with two attached hydrogens (primary N) is 1. The maximum Gasteiger partial charge on any atom is 0.131 e. The Morgan fingerprint density at radius 1 is 1.41 bits per heavy atom. The van der Waals surface area contributed by atoms with E-state index in [0.717, 1.165) is 24.4 Å². The molecule has 0 bridgehead atoms. The van der Waals surface area contributed by atoms with Crippen molar-refractivity contribution < 1.29 is 0 Å². The van der Waals surface area contributed by atoms with E-state index in [2.05, 4.69) is 31.9 Å².